The molecule has 0 amide bonds. The summed E-state index contributed by atoms with van der Waals surface area (Å²) in [4.78, 5) is 0. The zero-order chi connectivity index (χ0) is 14.3. The van der Waals surface area contributed by atoms with Crippen LogP contribution in [0.1, 0.15) is 34.2 Å². The number of aryl methyl sites for hydroxylation is 2. The van der Waals surface area contributed by atoms with Crippen molar-refractivity contribution in [3.8, 4) is 0 Å². The fourth-order valence-corrected chi connectivity index (χ4v) is 4.83. The van der Waals surface area contributed by atoms with Crippen LogP contribution >= 0.6 is 35.0 Å². The monoisotopic (exact) mass is 326 g/mol. The van der Waals surface area contributed by atoms with Crippen LogP contribution in [0.25, 0.3) is 0 Å². The average molecular weight is 327 g/mol. The summed E-state index contributed by atoms with van der Waals surface area (Å²) in [6, 6.07) is 5.79. The lowest BCUT2D eigenvalue weighted by Gasteiger charge is -2.17. The van der Waals surface area contributed by atoms with Crippen molar-refractivity contribution >= 4 is 35.0 Å². The molecule has 0 bridgehead atoms. The second kappa shape index (κ2) is 5.63. The minimum Gasteiger partial charge on any atom is -0.272 e. The molecule has 20 heavy (non-hydrogen) atoms. The molecule has 1 unspecified atom stereocenters. The summed E-state index contributed by atoms with van der Waals surface area (Å²) in [6.45, 7) is 2.08. The molecule has 1 aliphatic heterocycles. The quantitative estimate of drug-likeness (QED) is 0.748. The van der Waals surface area contributed by atoms with Crippen LogP contribution in [-0.2, 0) is 13.5 Å². The molecule has 0 aliphatic carbocycles. The van der Waals surface area contributed by atoms with Gasteiger partial charge in [-0.15, -0.1) is 11.8 Å². The van der Waals surface area contributed by atoms with Gasteiger partial charge in [0.1, 0.15) is 0 Å². The van der Waals surface area contributed by atoms with E-state index in [9.17, 15) is 0 Å². The van der Waals surface area contributed by atoms with Crippen LogP contribution in [0.5, 0.6) is 0 Å². The van der Waals surface area contributed by atoms with Crippen LogP contribution in [0, 0.1) is 6.92 Å². The van der Waals surface area contributed by atoms with Crippen molar-refractivity contribution in [2.75, 3.05) is 5.75 Å². The zero-order valence-corrected chi connectivity index (χ0v) is 13.8. The minimum absolute atomic E-state index is 0.256. The summed E-state index contributed by atoms with van der Waals surface area (Å²) < 4.78 is 2.02. The Morgan fingerprint density at radius 2 is 2.15 bits per heavy atom. The van der Waals surface area contributed by atoms with E-state index in [1.807, 2.05) is 41.7 Å². The molecule has 0 radical (unpaired) electrons. The van der Waals surface area contributed by atoms with Crippen molar-refractivity contribution in [3.05, 3.63) is 50.8 Å². The molecular weight excluding hydrogens is 311 g/mol. The number of rotatable bonds is 1. The van der Waals surface area contributed by atoms with Crippen LogP contribution in [0.2, 0.25) is 10.0 Å². The van der Waals surface area contributed by atoms with E-state index in [1.165, 1.54) is 17.7 Å². The molecule has 0 saturated heterocycles. The molecule has 0 N–H and O–H groups in total. The van der Waals surface area contributed by atoms with Crippen LogP contribution in [0.3, 0.4) is 0 Å². The van der Waals surface area contributed by atoms with Gasteiger partial charge in [0.25, 0.3) is 0 Å². The molecule has 1 aliphatic rings. The Bertz CT molecular complexity index is 652. The van der Waals surface area contributed by atoms with E-state index < -0.39 is 0 Å². The van der Waals surface area contributed by atoms with Gasteiger partial charge in [-0.2, -0.15) is 5.10 Å². The maximum Gasteiger partial charge on any atom is 0.0643 e. The molecule has 0 spiro atoms. The van der Waals surface area contributed by atoms with Crippen molar-refractivity contribution in [3.63, 3.8) is 0 Å². The smallest absolute Gasteiger partial charge is 0.0643 e. The number of nitrogens with zero attached hydrogens (tertiary/aromatic N) is 2. The molecule has 5 heteroatoms. The highest BCUT2D eigenvalue weighted by Gasteiger charge is 2.27. The molecule has 0 fully saturated rings. The fraction of sp³-hybridized carbons (Fsp3) is 0.400. The van der Waals surface area contributed by atoms with E-state index in [-0.39, 0.29) is 5.25 Å². The summed E-state index contributed by atoms with van der Waals surface area (Å²) >= 11 is 14.4. The predicted octanol–water partition coefficient (Wildman–Crippen LogP) is 4.80. The van der Waals surface area contributed by atoms with Gasteiger partial charge < -0.3 is 0 Å². The summed E-state index contributed by atoms with van der Waals surface area (Å²) in [5.41, 5.74) is 4.91. The molecular formula is C15H16Cl2N2S. The number of fused-ring (bicyclic) bond motifs is 1. The predicted molar refractivity (Wildman–Crippen MR) is 87.0 cm³/mol. The van der Waals surface area contributed by atoms with Gasteiger partial charge in [-0.25, -0.2) is 0 Å². The number of thioether (sulfide) groups is 1. The van der Waals surface area contributed by atoms with E-state index in [1.54, 1.807) is 0 Å². The second-order valence-electron chi connectivity index (χ2n) is 5.09. The lowest BCUT2D eigenvalue weighted by molar-refractivity contribution is 0.693. The van der Waals surface area contributed by atoms with E-state index in [0.29, 0.717) is 5.02 Å². The number of hydrogen-bond acceptors (Lipinski definition) is 2. The van der Waals surface area contributed by atoms with Crippen molar-refractivity contribution in [2.45, 2.75) is 25.0 Å². The standard InChI is InChI=1S/C15H16Cl2N2S/c1-9-14-13(19(2)18-9)4-3-7-20-15(14)11-6-5-10(16)8-12(11)17/h5-6,8,15H,3-4,7H2,1-2H3. The molecule has 106 valence electrons. The number of hydrogen-bond donors (Lipinski definition) is 0. The number of benzene rings is 1. The Kier molecular flexibility index (Phi) is 4.02. The SMILES string of the molecule is Cc1nn(C)c2c1C(c1ccc(Cl)cc1Cl)SCCC2. The van der Waals surface area contributed by atoms with Gasteiger partial charge in [0, 0.05) is 28.4 Å². The van der Waals surface area contributed by atoms with E-state index in [2.05, 4.69) is 12.0 Å². The van der Waals surface area contributed by atoms with E-state index >= 15 is 0 Å². The molecule has 3 rings (SSSR count). The molecule has 2 heterocycles. The molecule has 0 saturated carbocycles. The van der Waals surface area contributed by atoms with Gasteiger partial charge >= 0.3 is 0 Å². The Morgan fingerprint density at radius 3 is 2.90 bits per heavy atom. The summed E-state index contributed by atoms with van der Waals surface area (Å²) in [6.07, 6.45) is 2.26. The van der Waals surface area contributed by atoms with Crippen LogP contribution in [0.15, 0.2) is 18.2 Å². The third-order valence-electron chi connectivity index (χ3n) is 3.74. The van der Waals surface area contributed by atoms with E-state index in [0.717, 1.165) is 28.5 Å². The summed E-state index contributed by atoms with van der Waals surface area (Å²) in [7, 11) is 2.03. The molecule has 2 aromatic rings. The Hall–Kier alpha value is -0.640. The lowest BCUT2D eigenvalue weighted by atomic mass is 10.0. The third-order valence-corrected chi connectivity index (χ3v) is 5.65. The van der Waals surface area contributed by atoms with Gasteiger partial charge in [-0.05, 0) is 43.2 Å². The highest BCUT2D eigenvalue weighted by atomic mass is 35.5. The van der Waals surface area contributed by atoms with Crippen molar-refractivity contribution < 1.29 is 0 Å². The first-order valence-corrected chi connectivity index (χ1v) is 8.47. The van der Waals surface area contributed by atoms with Gasteiger partial charge in [-0.3, -0.25) is 4.68 Å². The first kappa shape index (κ1) is 14.3. The summed E-state index contributed by atoms with van der Waals surface area (Å²) in [5.74, 6) is 1.14. The third kappa shape index (κ3) is 2.47. The Balaban J connectivity index is 2.14. The molecule has 1 aromatic heterocycles. The second-order valence-corrected chi connectivity index (χ2v) is 7.15. The number of aromatic nitrogens is 2. The normalized spacial score (nSPS) is 18.7. The van der Waals surface area contributed by atoms with Gasteiger partial charge in [0.2, 0.25) is 0 Å². The summed E-state index contributed by atoms with van der Waals surface area (Å²) in [5, 5.41) is 6.27. The highest BCUT2D eigenvalue weighted by Crippen LogP contribution is 2.44. The van der Waals surface area contributed by atoms with Crippen LogP contribution in [-0.4, -0.2) is 15.5 Å². The highest BCUT2D eigenvalue weighted by molar-refractivity contribution is 7.99. The topological polar surface area (TPSA) is 17.8 Å². The maximum absolute atomic E-state index is 6.42. The van der Waals surface area contributed by atoms with Crippen molar-refractivity contribution in [2.24, 2.45) is 7.05 Å². The largest absolute Gasteiger partial charge is 0.272 e. The first-order chi connectivity index (χ1) is 9.58. The van der Waals surface area contributed by atoms with Crippen molar-refractivity contribution in [1.29, 1.82) is 0 Å². The minimum atomic E-state index is 0.256. The zero-order valence-electron chi connectivity index (χ0n) is 11.5. The van der Waals surface area contributed by atoms with Crippen LogP contribution < -0.4 is 0 Å². The van der Waals surface area contributed by atoms with Crippen LogP contribution in [0.4, 0.5) is 0 Å². The fourth-order valence-electron chi connectivity index (χ4n) is 2.84. The lowest BCUT2D eigenvalue weighted by Crippen LogP contribution is -2.02. The van der Waals surface area contributed by atoms with Gasteiger partial charge in [0.05, 0.1) is 10.9 Å². The maximum atomic E-state index is 6.42. The first-order valence-electron chi connectivity index (χ1n) is 6.67. The van der Waals surface area contributed by atoms with E-state index in [4.69, 9.17) is 23.2 Å². The van der Waals surface area contributed by atoms with Gasteiger partial charge in [-0.1, -0.05) is 29.3 Å². The molecule has 1 atom stereocenters. The van der Waals surface area contributed by atoms with Crippen molar-refractivity contribution in [1.82, 2.24) is 9.78 Å². The Morgan fingerprint density at radius 1 is 1.35 bits per heavy atom. The van der Waals surface area contributed by atoms with Gasteiger partial charge in [0.15, 0.2) is 0 Å². The molecule has 1 aromatic carbocycles. The average Bonchev–Trinajstić information content (AvgIpc) is 2.58. The molecule has 2 nitrogen and oxygen atoms in total. The Labute approximate surface area is 133 Å². The number of halogens is 2.